The summed E-state index contributed by atoms with van der Waals surface area (Å²) in [6.45, 7) is 3.57. The molecule has 0 radical (unpaired) electrons. The fraction of sp³-hybridized carbons (Fsp3) is 0.462. The molecule has 1 aromatic heterocycles. The fourth-order valence-corrected chi connectivity index (χ4v) is 1.51. The number of rotatable bonds is 7. The highest BCUT2D eigenvalue weighted by Gasteiger charge is 2.21. The van der Waals surface area contributed by atoms with Crippen LogP contribution < -0.4 is 10.1 Å². The quantitative estimate of drug-likeness (QED) is 0.770. The van der Waals surface area contributed by atoms with Gasteiger partial charge < -0.3 is 15.2 Å². The van der Waals surface area contributed by atoms with E-state index < -0.39 is 17.9 Å². The molecular formula is C13H18N2O4. The van der Waals surface area contributed by atoms with Crippen molar-refractivity contribution in [2.24, 2.45) is 5.92 Å². The molecular weight excluding hydrogens is 248 g/mol. The largest absolute Gasteiger partial charge is 0.482 e. The minimum atomic E-state index is -1.04. The highest BCUT2D eigenvalue weighted by atomic mass is 16.5. The number of amides is 1. The number of pyridine rings is 1. The predicted octanol–water partition coefficient (Wildman–Crippen LogP) is 1.08. The van der Waals surface area contributed by atoms with E-state index in [0.717, 1.165) is 0 Å². The summed E-state index contributed by atoms with van der Waals surface area (Å²) in [5, 5.41) is 11.4. The van der Waals surface area contributed by atoms with Crippen molar-refractivity contribution in [3.8, 4) is 5.75 Å². The van der Waals surface area contributed by atoms with Gasteiger partial charge in [0.2, 0.25) is 0 Å². The Morgan fingerprint density at radius 2 is 2.21 bits per heavy atom. The zero-order chi connectivity index (χ0) is 14.3. The third-order valence-electron chi connectivity index (χ3n) is 2.34. The van der Waals surface area contributed by atoms with E-state index in [0.29, 0.717) is 12.2 Å². The van der Waals surface area contributed by atoms with E-state index in [4.69, 9.17) is 9.84 Å². The second kappa shape index (κ2) is 7.35. The summed E-state index contributed by atoms with van der Waals surface area (Å²) in [6.07, 6.45) is 3.46. The van der Waals surface area contributed by atoms with Crippen LogP contribution in [0.2, 0.25) is 0 Å². The Morgan fingerprint density at radius 1 is 1.47 bits per heavy atom. The Labute approximate surface area is 111 Å². The zero-order valence-electron chi connectivity index (χ0n) is 11.0. The maximum Gasteiger partial charge on any atom is 0.326 e. The molecule has 0 aliphatic carbocycles. The van der Waals surface area contributed by atoms with Gasteiger partial charge in [0.05, 0.1) is 6.20 Å². The van der Waals surface area contributed by atoms with E-state index >= 15 is 0 Å². The molecule has 6 nitrogen and oxygen atoms in total. The maximum atomic E-state index is 11.6. The van der Waals surface area contributed by atoms with Crippen molar-refractivity contribution in [3.05, 3.63) is 24.5 Å². The van der Waals surface area contributed by atoms with E-state index in [1.807, 2.05) is 13.8 Å². The van der Waals surface area contributed by atoms with Gasteiger partial charge in [-0.2, -0.15) is 0 Å². The van der Waals surface area contributed by atoms with Crippen molar-refractivity contribution >= 4 is 11.9 Å². The molecule has 1 amide bonds. The van der Waals surface area contributed by atoms with Crippen LogP contribution in [0.4, 0.5) is 0 Å². The van der Waals surface area contributed by atoms with Crippen LogP contribution in [0.1, 0.15) is 20.3 Å². The Balaban J connectivity index is 2.42. The minimum absolute atomic E-state index is 0.181. The predicted molar refractivity (Wildman–Crippen MR) is 68.8 cm³/mol. The molecule has 1 heterocycles. The van der Waals surface area contributed by atoms with E-state index in [9.17, 15) is 9.59 Å². The van der Waals surface area contributed by atoms with E-state index in [-0.39, 0.29) is 12.5 Å². The second-order valence-electron chi connectivity index (χ2n) is 4.57. The summed E-state index contributed by atoms with van der Waals surface area (Å²) in [5.74, 6) is -0.852. The monoisotopic (exact) mass is 266 g/mol. The molecule has 0 spiro atoms. The number of aliphatic carboxylic acids is 1. The van der Waals surface area contributed by atoms with Crippen LogP contribution >= 0.6 is 0 Å². The van der Waals surface area contributed by atoms with Crippen LogP contribution in [-0.2, 0) is 9.59 Å². The van der Waals surface area contributed by atoms with Crippen LogP contribution in [0, 0.1) is 5.92 Å². The summed E-state index contributed by atoms with van der Waals surface area (Å²) >= 11 is 0. The van der Waals surface area contributed by atoms with E-state index in [1.165, 1.54) is 6.20 Å². The highest BCUT2D eigenvalue weighted by Crippen LogP contribution is 2.07. The zero-order valence-corrected chi connectivity index (χ0v) is 11.0. The first-order valence-corrected chi connectivity index (χ1v) is 6.04. The summed E-state index contributed by atoms with van der Waals surface area (Å²) in [5.41, 5.74) is 0. The topological polar surface area (TPSA) is 88.5 Å². The number of carbonyl (C=O) groups is 2. The Hall–Kier alpha value is -2.11. The lowest BCUT2D eigenvalue weighted by Crippen LogP contribution is -2.43. The molecule has 2 N–H and O–H groups in total. The number of carboxylic acid groups (broad SMARTS) is 1. The van der Waals surface area contributed by atoms with Gasteiger partial charge in [0.15, 0.2) is 6.61 Å². The number of ether oxygens (including phenoxy) is 1. The lowest BCUT2D eigenvalue weighted by atomic mass is 10.0. The number of carbonyl (C=O) groups excluding carboxylic acids is 1. The van der Waals surface area contributed by atoms with Gasteiger partial charge >= 0.3 is 5.97 Å². The summed E-state index contributed by atoms with van der Waals surface area (Å²) in [7, 11) is 0. The van der Waals surface area contributed by atoms with Crippen LogP contribution in [-0.4, -0.2) is 34.6 Å². The molecule has 104 valence electrons. The molecule has 0 bridgehead atoms. The molecule has 0 aliphatic rings. The first-order valence-electron chi connectivity index (χ1n) is 6.04. The van der Waals surface area contributed by atoms with Gasteiger partial charge in [0, 0.05) is 6.20 Å². The van der Waals surface area contributed by atoms with Crippen LogP contribution in [0.25, 0.3) is 0 Å². The summed E-state index contributed by atoms with van der Waals surface area (Å²) in [4.78, 5) is 26.4. The van der Waals surface area contributed by atoms with Gasteiger partial charge in [0.25, 0.3) is 5.91 Å². The molecule has 1 atom stereocenters. The van der Waals surface area contributed by atoms with Gasteiger partial charge in [-0.05, 0) is 24.5 Å². The van der Waals surface area contributed by atoms with Gasteiger partial charge in [-0.15, -0.1) is 0 Å². The van der Waals surface area contributed by atoms with E-state index in [2.05, 4.69) is 10.3 Å². The molecule has 0 aromatic carbocycles. The van der Waals surface area contributed by atoms with Gasteiger partial charge in [-0.1, -0.05) is 13.8 Å². The number of aromatic nitrogens is 1. The SMILES string of the molecule is CC(C)C[C@H](NC(=O)COc1cccnc1)C(=O)O. The van der Waals surface area contributed by atoms with Gasteiger partial charge in [-0.25, -0.2) is 4.79 Å². The smallest absolute Gasteiger partial charge is 0.326 e. The average molecular weight is 266 g/mol. The van der Waals surface area contributed by atoms with Gasteiger partial charge in [0.1, 0.15) is 11.8 Å². The van der Waals surface area contributed by atoms with Crippen molar-refractivity contribution in [2.75, 3.05) is 6.61 Å². The number of carboxylic acids is 1. The minimum Gasteiger partial charge on any atom is -0.482 e. The number of hydrogen-bond donors (Lipinski definition) is 2. The molecule has 0 fully saturated rings. The van der Waals surface area contributed by atoms with Crippen LogP contribution in [0.5, 0.6) is 5.75 Å². The lowest BCUT2D eigenvalue weighted by molar-refractivity contribution is -0.142. The summed E-state index contributed by atoms with van der Waals surface area (Å²) < 4.78 is 5.19. The number of nitrogens with one attached hydrogen (secondary N) is 1. The Bertz CT molecular complexity index is 420. The number of nitrogens with zero attached hydrogens (tertiary/aromatic N) is 1. The van der Waals surface area contributed by atoms with Crippen molar-refractivity contribution in [3.63, 3.8) is 0 Å². The molecule has 1 aromatic rings. The number of hydrogen-bond acceptors (Lipinski definition) is 4. The molecule has 6 heteroatoms. The van der Waals surface area contributed by atoms with Crippen molar-refractivity contribution in [1.82, 2.24) is 10.3 Å². The first kappa shape index (κ1) is 14.9. The average Bonchev–Trinajstić information content (AvgIpc) is 2.36. The molecule has 19 heavy (non-hydrogen) atoms. The Morgan fingerprint density at radius 3 is 2.74 bits per heavy atom. The van der Waals surface area contributed by atoms with E-state index in [1.54, 1.807) is 18.3 Å². The van der Waals surface area contributed by atoms with Gasteiger partial charge in [-0.3, -0.25) is 9.78 Å². The van der Waals surface area contributed by atoms with Crippen molar-refractivity contribution in [2.45, 2.75) is 26.3 Å². The fourth-order valence-electron chi connectivity index (χ4n) is 1.51. The third-order valence-corrected chi connectivity index (χ3v) is 2.34. The molecule has 0 unspecified atom stereocenters. The lowest BCUT2D eigenvalue weighted by Gasteiger charge is -2.16. The second-order valence-corrected chi connectivity index (χ2v) is 4.57. The third kappa shape index (κ3) is 5.85. The molecule has 0 aliphatic heterocycles. The first-order chi connectivity index (χ1) is 8.99. The normalized spacial score (nSPS) is 11.9. The van der Waals surface area contributed by atoms with Crippen molar-refractivity contribution < 1.29 is 19.4 Å². The van der Waals surface area contributed by atoms with Crippen LogP contribution in [0.15, 0.2) is 24.5 Å². The standard InChI is InChI=1S/C13H18N2O4/c1-9(2)6-11(13(17)18)15-12(16)8-19-10-4-3-5-14-7-10/h3-5,7,9,11H,6,8H2,1-2H3,(H,15,16)(H,17,18)/t11-/m0/s1. The molecule has 0 saturated heterocycles. The van der Waals surface area contributed by atoms with Crippen molar-refractivity contribution in [1.29, 1.82) is 0 Å². The van der Waals surface area contributed by atoms with Crippen LogP contribution in [0.3, 0.4) is 0 Å². The Kier molecular flexibility index (Phi) is 5.78. The molecule has 1 rings (SSSR count). The highest BCUT2D eigenvalue weighted by molar-refractivity contribution is 5.84. The maximum absolute atomic E-state index is 11.6. The summed E-state index contributed by atoms with van der Waals surface area (Å²) in [6, 6.07) is 2.47. The molecule has 0 saturated carbocycles.